The second-order valence-corrected chi connectivity index (χ2v) is 5.35. The smallest absolute Gasteiger partial charge is 0.130 e. The molecule has 20 heavy (non-hydrogen) atoms. The molecule has 1 saturated heterocycles. The molecule has 0 aromatic carbocycles. The standard InChI is InChI=1S/C15H25N3O2/c1-3-6-16-15-13(5-4-7-17-15)8-18-9-14(10-19)20-11-12(18)2/h4-5,7,12,14,19H,3,6,8-11H2,1-2H3,(H,16,17). The van der Waals surface area contributed by atoms with Crippen molar-refractivity contribution in [3.05, 3.63) is 23.9 Å². The fraction of sp³-hybridized carbons (Fsp3) is 0.667. The predicted octanol–water partition coefficient (Wildman–Crippen LogP) is 1.49. The summed E-state index contributed by atoms with van der Waals surface area (Å²) in [6.45, 7) is 7.58. The number of morpholine rings is 1. The van der Waals surface area contributed by atoms with Crippen molar-refractivity contribution < 1.29 is 9.84 Å². The molecule has 5 nitrogen and oxygen atoms in total. The van der Waals surface area contributed by atoms with Crippen LogP contribution in [0.4, 0.5) is 5.82 Å². The molecule has 0 saturated carbocycles. The largest absolute Gasteiger partial charge is 0.394 e. The van der Waals surface area contributed by atoms with Gasteiger partial charge in [-0.1, -0.05) is 13.0 Å². The van der Waals surface area contributed by atoms with Crippen molar-refractivity contribution in [2.75, 3.05) is 31.6 Å². The number of nitrogens with one attached hydrogen (secondary N) is 1. The molecule has 0 spiro atoms. The van der Waals surface area contributed by atoms with Gasteiger partial charge in [-0.25, -0.2) is 4.98 Å². The molecule has 1 aliphatic rings. The third-order valence-electron chi connectivity index (χ3n) is 3.65. The summed E-state index contributed by atoms with van der Waals surface area (Å²) in [6.07, 6.45) is 2.83. The topological polar surface area (TPSA) is 57.6 Å². The van der Waals surface area contributed by atoms with Crippen molar-refractivity contribution in [3.8, 4) is 0 Å². The maximum atomic E-state index is 9.26. The zero-order valence-electron chi connectivity index (χ0n) is 12.4. The van der Waals surface area contributed by atoms with E-state index in [9.17, 15) is 5.11 Å². The van der Waals surface area contributed by atoms with Crippen LogP contribution in [0.5, 0.6) is 0 Å². The van der Waals surface area contributed by atoms with Gasteiger partial charge in [-0.2, -0.15) is 0 Å². The van der Waals surface area contributed by atoms with Gasteiger partial charge in [0.1, 0.15) is 5.82 Å². The maximum Gasteiger partial charge on any atom is 0.130 e. The van der Waals surface area contributed by atoms with Gasteiger partial charge in [0.05, 0.1) is 19.3 Å². The van der Waals surface area contributed by atoms with Gasteiger partial charge in [0.25, 0.3) is 0 Å². The highest BCUT2D eigenvalue weighted by atomic mass is 16.5. The lowest BCUT2D eigenvalue weighted by Gasteiger charge is -2.37. The number of nitrogens with zero attached hydrogens (tertiary/aromatic N) is 2. The molecule has 2 N–H and O–H groups in total. The van der Waals surface area contributed by atoms with Crippen molar-refractivity contribution in [2.24, 2.45) is 0 Å². The normalized spacial score (nSPS) is 23.8. The molecule has 1 aromatic rings. The van der Waals surface area contributed by atoms with E-state index in [1.807, 2.05) is 12.3 Å². The van der Waals surface area contributed by atoms with E-state index in [-0.39, 0.29) is 12.7 Å². The Morgan fingerprint density at radius 3 is 3.15 bits per heavy atom. The fourth-order valence-corrected chi connectivity index (χ4v) is 2.39. The summed E-state index contributed by atoms with van der Waals surface area (Å²) < 4.78 is 5.58. The molecule has 1 aromatic heterocycles. The van der Waals surface area contributed by atoms with Crippen LogP contribution in [0, 0.1) is 0 Å². The van der Waals surface area contributed by atoms with E-state index in [4.69, 9.17) is 4.74 Å². The Morgan fingerprint density at radius 2 is 2.40 bits per heavy atom. The molecule has 2 heterocycles. The van der Waals surface area contributed by atoms with E-state index in [1.165, 1.54) is 5.56 Å². The van der Waals surface area contributed by atoms with E-state index >= 15 is 0 Å². The molecule has 2 rings (SSSR count). The first-order valence-electron chi connectivity index (χ1n) is 7.38. The molecule has 112 valence electrons. The minimum absolute atomic E-state index is 0.0741. The van der Waals surface area contributed by atoms with Crippen LogP contribution in [0.1, 0.15) is 25.8 Å². The summed E-state index contributed by atoms with van der Waals surface area (Å²) in [7, 11) is 0. The van der Waals surface area contributed by atoms with Gasteiger partial charge < -0.3 is 15.2 Å². The predicted molar refractivity (Wildman–Crippen MR) is 79.7 cm³/mol. The average Bonchev–Trinajstić information content (AvgIpc) is 2.48. The highest BCUT2D eigenvalue weighted by molar-refractivity contribution is 5.43. The zero-order chi connectivity index (χ0) is 14.4. The van der Waals surface area contributed by atoms with Crippen LogP contribution in [0.2, 0.25) is 0 Å². The van der Waals surface area contributed by atoms with Crippen LogP contribution in [-0.4, -0.2) is 53.4 Å². The molecule has 2 unspecified atom stereocenters. The van der Waals surface area contributed by atoms with E-state index in [2.05, 4.69) is 35.1 Å². The lowest BCUT2D eigenvalue weighted by Crippen LogP contribution is -2.48. The quantitative estimate of drug-likeness (QED) is 0.826. The van der Waals surface area contributed by atoms with Crippen molar-refractivity contribution in [2.45, 2.75) is 39.0 Å². The van der Waals surface area contributed by atoms with Gasteiger partial charge in [-0.3, -0.25) is 4.90 Å². The molecule has 0 radical (unpaired) electrons. The molecule has 0 amide bonds. The number of aliphatic hydroxyl groups is 1. The minimum Gasteiger partial charge on any atom is -0.394 e. The summed E-state index contributed by atoms with van der Waals surface area (Å²) in [6, 6.07) is 4.44. The number of pyridine rings is 1. The Morgan fingerprint density at radius 1 is 1.55 bits per heavy atom. The summed E-state index contributed by atoms with van der Waals surface area (Å²) in [5, 5.41) is 12.6. The number of anilines is 1. The second kappa shape index (κ2) is 7.57. The van der Waals surface area contributed by atoms with E-state index in [0.717, 1.165) is 31.9 Å². The highest BCUT2D eigenvalue weighted by Gasteiger charge is 2.26. The number of rotatable bonds is 6. The molecular weight excluding hydrogens is 254 g/mol. The Labute approximate surface area is 121 Å². The number of hydrogen-bond donors (Lipinski definition) is 2. The van der Waals surface area contributed by atoms with E-state index in [1.54, 1.807) is 0 Å². The van der Waals surface area contributed by atoms with Crippen LogP contribution in [0.25, 0.3) is 0 Å². The average molecular weight is 279 g/mol. The van der Waals surface area contributed by atoms with Crippen LogP contribution < -0.4 is 5.32 Å². The summed E-state index contributed by atoms with van der Waals surface area (Å²) in [5.41, 5.74) is 1.20. The molecule has 5 heteroatoms. The van der Waals surface area contributed by atoms with Crippen molar-refractivity contribution in [1.82, 2.24) is 9.88 Å². The van der Waals surface area contributed by atoms with Crippen LogP contribution >= 0.6 is 0 Å². The first-order chi connectivity index (χ1) is 9.74. The van der Waals surface area contributed by atoms with Gasteiger partial charge in [-0.15, -0.1) is 0 Å². The van der Waals surface area contributed by atoms with Crippen molar-refractivity contribution >= 4 is 5.82 Å². The third-order valence-corrected chi connectivity index (χ3v) is 3.65. The molecule has 0 aliphatic carbocycles. The Balaban J connectivity index is 2.04. The maximum absolute atomic E-state index is 9.26. The summed E-state index contributed by atoms with van der Waals surface area (Å²) in [4.78, 5) is 6.77. The van der Waals surface area contributed by atoms with Crippen molar-refractivity contribution in [1.29, 1.82) is 0 Å². The zero-order valence-corrected chi connectivity index (χ0v) is 12.4. The lowest BCUT2D eigenvalue weighted by molar-refractivity contribution is -0.0805. The molecular formula is C15H25N3O2. The van der Waals surface area contributed by atoms with Gasteiger partial charge in [0.15, 0.2) is 0 Å². The highest BCUT2D eigenvalue weighted by Crippen LogP contribution is 2.19. The van der Waals surface area contributed by atoms with Gasteiger partial charge in [0, 0.05) is 37.4 Å². The Kier molecular flexibility index (Phi) is 5.76. The van der Waals surface area contributed by atoms with Gasteiger partial charge in [-0.05, 0) is 19.4 Å². The van der Waals surface area contributed by atoms with Crippen LogP contribution in [0.3, 0.4) is 0 Å². The molecule has 1 aliphatic heterocycles. The number of aromatic nitrogens is 1. The summed E-state index contributed by atoms with van der Waals surface area (Å²) >= 11 is 0. The minimum atomic E-state index is -0.0741. The number of ether oxygens (including phenoxy) is 1. The van der Waals surface area contributed by atoms with Crippen molar-refractivity contribution in [3.63, 3.8) is 0 Å². The number of hydrogen-bond acceptors (Lipinski definition) is 5. The van der Waals surface area contributed by atoms with E-state index in [0.29, 0.717) is 12.6 Å². The summed E-state index contributed by atoms with van der Waals surface area (Å²) in [5.74, 6) is 0.966. The third kappa shape index (κ3) is 3.91. The Hall–Kier alpha value is -1.17. The lowest BCUT2D eigenvalue weighted by atomic mass is 10.1. The fourth-order valence-electron chi connectivity index (χ4n) is 2.39. The van der Waals surface area contributed by atoms with Crippen LogP contribution in [0.15, 0.2) is 18.3 Å². The molecule has 0 bridgehead atoms. The van der Waals surface area contributed by atoms with Gasteiger partial charge >= 0.3 is 0 Å². The monoisotopic (exact) mass is 279 g/mol. The first kappa shape index (κ1) is 15.2. The molecule has 2 atom stereocenters. The van der Waals surface area contributed by atoms with Gasteiger partial charge in [0.2, 0.25) is 0 Å². The van der Waals surface area contributed by atoms with E-state index < -0.39 is 0 Å². The SMILES string of the molecule is CCCNc1ncccc1CN1CC(CO)OCC1C. The van der Waals surface area contributed by atoms with Crippen LogP contribution in [-0.2, 0) is 11.3 Å². The molecule has 1 fully saturated rings. The Bertz CT molecular complexity index is 414. The second-order valence-electron chi connectivity index (χ2n) is 5.35. The number of aliphatic hydroxyl groups excluding tert-OH is 1. The first-order valence-corrected chi connectivity index (χ1v) is 7.38.